The largest absolute Gasteiger partial charge is 0.493 e. The summed E-state index contributed by atoms with van der Waals surface area (Å²) in [6.07, 6.45) is 3.22. The SMILES string of the molecule is CCCCN1CCN(c2ccc(OC)c(OC)c2)C(CNS(=O)(=O)c2ccc(NS(C)(=O)=O)cc2)C1. The Balaban J connectivity index is 1.78. The van der Waals surface area contributed by atoms with Gasteiger partial charge in [0.15, 0.2) is 11.5 Å². The first kappa shape index (κ1) is 28.0. The number of anilines is 2. The highest BCUT2D eigenvalue weighted by molar-refractivity contribution is 7.92. The number of nitrogens with one attached hydrogen (secondary N) is 2. The van der Waals surface area contributed by atoms with Crippen LogP contribution in [-0.2, 0) is 20.0 Å². The Morgan fingerprint density at radius 2 is 1.67 bits per heavy atom. The lowest BCUT2D eigenvalue weighted by atomic mass is 10.1. The lowest BCUT2D eigenvalue weighted by Gasteiger charge is -2.43. The van der Waals surface area contributed by atoms with Gasteiger partial charge in [0.2, 0.25) is 20.0 Å². The zero-order valence-electron chi connectivity index (χ0n) is 21.2. The summed E-state index contributed by atoms with van der Waals surface area (Å²) in [6, 6.07) is 11.2. The van der Waals surface area contributed by atoms with E-state index >= 15 is 0 Å². The minimum atomic E-state index is -3.80. The molecule has 1 heterocycles. The Bertz CT molecular complexity index is 1220. The summed E-state index contributed by atoms with van der Waals surface area (Å²) >= 11 is 0. The number of unbranched alkanes of at least 4 members (excludes halogenated alkanes) is 1. The van der Waals surface area contributed by atoms with Crippen LogP contribution in [0.15, 0.2) is 47.4 Å². The molecule has 200 valence electrons. The van der Waals surface area contributed by atoms with Gasteiger partial charge in [-0.2, -0.15) is 0 Å². The third-order valence-electron chi connectivity index (χ3n) is 6.07. The van der Waals surface area contributed by atoms with Crippen LogP contribution in [0.5, 0.6) is 11.5 Å². The molecular weight excluding hydrogens is 504 g/mol. The fraction of sp³-hybridized carbons (Fsp3) is 0.500. The van der Waals surface area contributed by atoms with Crippen molar-refractivity contribution in [2.75, 3.05) is 62.8 Å². The van der Waals surface area contributed by atoms with Crippen LogP contribution in [0.3, 0.4) is 0 Å². The molecule has 1 fully saturated rings. The van der Waals surface area contributed by atoms with E-state index in [1.54, 1.807) is 14.2 Å². The van der Waals surface area contributed by atoms with Crippen LogP contribution in [0.4, 0.5) is 11.4 Å². The van der Waals surface area contributed by atoms with E-state index in [1.165, 1.54) is 24.3 Å². The average Bonchev–Trinajstić information content (AvgIpc) is 2.85. The van der Waals surface area contributed by atoms with E-state index in [0.29, 0.717) is 23.7 Å². The number of piperazine rings is 1. The molecule has 1 aliphatic heterocycles. The van der Waals surface area contributed by atoms with E-state index in [0.717, 1.165) is 44.4 Å². The normalized spacial score (nSPS) is 17.1. The zero-order valence-corrected chi connectivity index (χ0v) is 22.9. The fourth-order valence-corrected chi connectivity index (χ4v) is 5.87. The molecule has 1 saturated heterocycles. The van der Waals surface area contributed by atoms with E-state index in [1.807, 2.05) is 18.2 Å². The molecule has 2 N–H and O–H groups in total. The molecule has 3 rings (SSSR count). The van der Waals surface area contributed by atoms with Gasteiger partial charge in [0.25, 0.3) is 0 Å². The maximum atomic E-state index is 13.0. The van der Waals surface area contributed by atoms with Crippen LogP contribution in [-0.4, -0.2) is 81.0 Å². The molecule has 1 atom stereocenters. The monoisotopic (exact) mass is 540 g/mol. The van der Waals surface area contributed by atoms with Gasteiger partial charge < -0.3 is 14.4 Å². The summed E-state index contributed by atoms with van der Waals surface area (Å²) in [5.74, 6) is 1.25. The molecule has 0 saturated carbocycles. The minimum Gasteiger partial charge on any atom is -0.493 e. The molecule has 0 aromatic heterocycles. The quantitative estimate of drug-likeness (QED) is 0.421. The molecular formula is C24H36N4O6S2. The van der Waals surface area contributed by atoms with Gasteiger partial charge in [-0.15, -0.1) is 0 Å². The molecule has 0 bridgehead atoms. The van der Waals surface area contributed by atoms with Crippen molar-refractivity contribution in [1.82, 2.24) is 9.62 Å². The standard InChI is InChI=1S/C24H36N4O6S2/c1-5-6-13-27-14-15-28(20-9-12-23(33-2)24(16-20)34-3)21(18-27)17-25-36(31,32)22-10-7-19(8-11-22)26-35(4,29)30/h7-12,16,21,25-26H,5-6,13-15,17-18H2,1-4H3. The second-order valence-electron chi connectivity index (χ2n) is 8.79. The third kappa shape index (κ3) is 7.48. The molecule has 1 aliphatic rings. The first-order valence-corrected chi connectivity index (χ1v) is 15.2. The summed E-state index contributed by atoms with van der Waals surface area (Å²) in [6.45, 7) is 5.68. The van der Waals surface area contributed by atoms with Gasteiger partial charge in [-0.25, -0.2) is 21.6 Å². The first-order valence-electron chi connectivity index (χ1n) is 11.8. The van der Waals surface area contributed by atoms with Gasteiger partial charge in [0.05, 0.1) is 31.4 Å². The van der Waals surface area contributed by atoms with Crippen molar-refractivity contribution in [2.45, 2.75) is 30.7 Å². The summed E-state index contributed by atoms with van der Waals surface area (Å²) < 4.78 is 64.8. The predicted molar refractivity (Wildman–Crippen MR) is 142 cm³/mol. The smallest absolute Gasteiger partial charge is 0.240 e. The number of nitrogens with zero attached hydrogens (tertiary/aromatic N) is 2. The average molecular weight is 541 g/mol. The molecule has 2 aromatic carbocycles. The maximum Gasteiger partial charge on any atom is 0.240 e. The number of ether oxygens (including phenoxy) is 2. The van der Waals surface area contributed by atoms with Gasteiger partial charge in [-0.1, -0.05) is 13.3 Å². The van der Waals surface area contributed by atoms with Crippen molar-refractivity contribution in [3.63, 3.8) is 0 Å². The number of hydrogen-bond acceptors (Lipinski definition) is 8. The van der Waals surface area contributed by atoms with Crippen LogP contribution in [0.2, 0.25) is 0 Å². The number of methoxy groups -OCH3 is 2. The van der Waals surface area contributed by atoms with Crippen LogP contribution < -0.4 is 23.8 Å². The van der Waals surface area contributed by atoms with Crippen molar-refractivity contribution >= 4 is 31.4 Å². The predicted octanol–water partition coefficient (Wildman–Crippen LogP) is 2.34. The van der Waals surface area contributed by atoms with E-state index < -0.39 is 20.0 Å². The van der Waals surface area contributed by atoms with Gasteiger partial charge in [-0.3, -0.25) is 9.62 Å². The Kier molecular flexibility index (Phi) is 9.45. The highest BCUT2D eigenvalue weighted by atomic mass is 32.2. The molecule has 2 aromatic rings. The van der Waals surface area contributed by atoms with Crippen LogP contribution >= 0.6 is 0 Å². The molecule has 0 spiro atoms. The number of benzene rings is 2. The molecule has 1 unspecified atom stereocenters. The van der Waals surface area contributed by atoms with E-state index in [2.05, 4.69) is 26.2 Å². The summed E-state index contributed by atoms with van der Waals surface area (Å²) in [5, 5.41) is 0. The third-order valence-corrected chi connectivity index (χ3v) is 8.12. The first-order chi connectivity index (χ1) is 17.1. The summed E-state index contributed by atoms with van der Waals surface area (Å²) in [5.41, 5.74) is 1.23. The second kappa shape index (κ2) is 12.1. The van der Waals surface area contributed by atoms with Crippen LogP contribution in [0.1, 0.15) is 19.8 Å². The molecule has 10 nitrogen and oxygen atoms in total. The molecule has 0 radical (unpaired) electrons. The van der Waals surface area contributed by atoms with Crippen LogP contribution in [0, 0.1) is 0 Å². The van der Waals surface area contributed by atoms with Crippen molar-refractivity contribution in [2.24, 2.45) is 0 Å². The summed E-state index contributed by atoms with van der Waals surface area (Å²) in [7, 11) is -4.07. The number of hydrogen-bond donors (Lipinski definition) is 2. The second-order valence-corrected chi connectivity index (χ2v) is 12.3. The Morgan fingerprint density at radius 1 is 0.972 bits per heavy atom. The topological polar surface area (TPSA) is 117 Å². The van der Waals surface area contributed by atoms with Gasteiger partial charge in [-0.05, 0) is 49.4 Å². The Hall–Kier alpha value is -2.54. The summed E-state index contributed by atoms with van der Waals surface area (Å²) in [4.78, 5) is 4.63. The minimum absolute atomic E-state index is 0.0675. The highest BCUT2D eigenvalue weighted by Crippen LogP contribution is 2.33. The van der Waals surface area contributed by atoms with Gasteiger partial charge in [0, 0.05) is 43.6 Å². The molecule has 0 amide bonds. The van der Waals surface area contributed by atoms with Crippen LogP contribution in [0.25, 0.3) is 0 Å². The van der Waals surface area contributed by atoms with Crippen molar-refractivity contribution in [3.05, 3.63) is 42.5 Å². The number of rotatable bonds is 12. The molecule has 12 heteroatoms. The van der Waals surface area contributed by atoms with Crippen molar-refractivity contribution < 1.29 is 26.3 Å². The zero-order chi connectivity index (χ0) is 26.3. The Labute approximate surface area is 214 Å². The van der Waals surface area contributed by atoms with Crippen molar-refractivity contribution in [3.8, 4) is 11.5 Å². The maximum absolute atomic E-state index is 13.0. The van der Waals surface area contributed by atoms with E-state index in [-0.39, 0.29) is 17.5 Å². The fourth-order valence-electron chi connectivity index (χ4n) is 4.23. The van der Waals surface area contributed by atoms with E-state index in [9.17, 15) is 16.8 Å². The molecule has 0 aliphatic carbocycles. The van der Waals surface area contributed by atoms with Gasteiger partial charge in [0.1, 0.15) is 0 Å². The number of sulfonamides is 2. The molecule has 36 heavy (non-hydrogen) atoms. The Morgan fingerprint density at radius 3 is 2.28 bits per heavy atom. The highest BCUT2D eigenvalue weighted by Gasteiger charge is 2.29. The van der Waals surface area contributed by atoms with Gasteiger partial charge >= 0.3 is 0 Å². The lowest BCUT2D eigenvalue weighted by molar-refractivity contribution is 0.220. The van der Waals surface area contributed by atoms with E-state index in [4.69, 9.17) is 9.47 Å². The lowest BCUT2D eigenvalue weighted by Crippen LogP contribution is -2.57. The van der Waals surface area contributed by atoms with Crippen molar-refractivity contribution in [1.29, 1.82) is 0 Å².